The van der Waals surface area contributed by atoms with Crippen LogP contribution in [0.15, 0.2) is 12.7 Å². The molecule has 19 heteroatoms. The zero-order chi connectivity index (χ0) is 29.6. The Morgan fingerprint density at radius 3 is 1.33 bits per heavy atom. The van der Waals surface area contributed by atoms with Crippen LogP contribution in [0.2, 0.25) is 0 Å². The van der Waals surface area contributed by atoms with Crippen LogP contribution >= 0.6 is 0 Å². The predicted octanol–water partition coefficient (Wildman–Crippen LogP) is 7.53. The lowest BCUT2D eigenvalue weighted by Crippen LogP contribution is -2.76. The average Bonchev–Trinajstić information content (AvgIpc) is 2.67. The molecule has 0 N–H and O–H groups in total. The van der Waals surface area contributed by atoms with Crippen molar-refractivity contribution in [3.63, 3.8) is 0 Å². The molecule has 0 unspecified atom stereocenters. The van der Waals surface area contributed by atoms with Crippen molar-refractivity contribution in [3.8, 4) is 0 Å². The lowest BCUT2D eigenvalue weighted by Gasteiger charge is -2.44. The molecular weight excluding hydrogens is 559 g/mol. The van der Waals surface area contributed by atoms with E-state index in [4.69, 9.17) is 0 Å². The zero-order valence-corrected chi connectivity index (χ0v) is 17.6. The van der Waals surface area contributed by atoms with Gasteiger partial charge in [0.2, 0.25) is 0 Å². The molecule has 0 aromatic rings. The van der Waals surface area contributed by atoms with Crippen LogP contribution in [0.25, 0.3) is 0 Å². The molecule has 0 heterocycles. The molecule has 0 spiro atoms. The Morgan fingerprint density at radius 1 is 0.639 bits per heavy atom. The van der Waals surface area contributed by atoms with Crippen molar-refractivity contribution in [3.05, 3.63) is 12.7 Å². The smallest absolute Gasteiger partial charge is 0.438 e. The van der Waals surface area contributed by atoms with E-state index >= 15 is 0 Å². The zero-order valence-electron chi connectivity index (χ0n) is 17.6. The molecule has 0 aliphatic heterocycles. The summed E-state index contributed by atoms with van der Waals surface area (Å²) >= 11 is 0. The predicted molar refractivity (Wildman–Crippen MR) is 84.9 cm³/mol. The number of rotatable bonds is 11. The van der Waals surface area contributed by atoms with Crippen molar-refractivity contribution in [1.82, 2.24) is 0 Å². The third-order valence-corrected chi connectivity index (χ3v) is 4.74. The van der Waals surface area contributed by atoms with E-state index in [9.17, 15) is 79.4 Å². The van der Waals surface area contributed by atoms with Crippen molar-refractivity contribution >= 4 is 5.97 Å². The van der Waals surface area contributed by atoms with Gasteiger partial charge in [-0.15, -0.1) is 0 Å². The number of carbonyl (C=O) groups is 1. The maximum Gasteiger partial charge on any atom is 0.438 e. The third kappa shape index (κ3) is 5.33. The minimum atomic E-state index is -8.78. The fourth-order valence-corrected chi connectivity index (χ4v) is 2.41. The Kier molecular flexibility index (Phi) is 8.88. The van der Waals surface area contributed by atoms with E-state index in [0.717, 1.165) is 13.8 Å². The number of esters is 1. The van der Waals surface area contributed by atoms with E-state index in [1.807, 2.05) is 0 Å². The Balaban J connectivity index is 6.46. The highest BCUT2D eigenvalue weighted by molar-refractivity contribution is 5.81. The van der Waals surface area contributed by atoms with Crippen molar-refractivity contribution in [2.75, 3.05) is 6.61 Å². The second-order valence-electron chi connectivity index (χ2n) is 8.13. The quantitative estimate of drug-likeness (QED) is 0.145. The first-order chi connectivity index (χ1) is 15.4. The molecule has 0 radical (unpaired) electrons. The third-order valence-electron chi connectivity index (χ3n) is 4.74. The monoisotopic (exact) mass is 574 g/mol. The summed E-state index contributed by atoms with van der Waals surface area (Å²) in [7, 11) is 0. The fourth-order valence-electron chi connectivity index (χ4n) is 2.41. The summed E-state index contributed by atoms with van der Waals surface area (Å²) in [6, 6.07) is 0. The van der Waals surface area contributed by atoms with Gasteiger partial charge in [-0.05, 0) is 11.8 Å². The van der Waals surface area contributed by atoms with Gasteiger partial charge in [-0.2, -0.15) is 70.2 Å². The summed E-state index contributed by atoms with van der Waals surface area (Å²) in [5.41, 5.74) is -10.4. The maximum absolute atomic E-state index is 13.9. The van der Waals surface area contributed by atoms with Gasteiger partial charge in [0.05, 0.1) is 6.61 Å². The van der Waals surface area contributed by atoms with Crippen molar-refractivity contribution in [1.29, 1.82) is 0 Å². The topological polar surface area (TPSA) is 26.3 Å². The Labute approximate surface area is 190 Å². The van der Waals surface area contributed by atoms with Crippen LogP contribution in [-0.4, -0.2) is 60.2 Å². The van der Waals surface area contributed by atoms with E-state index in [-0.39, 0.29) is 0 Å². The largest absolute Gasteiger partial charge is 0.462 e. The molecule has 36 heavy (non-hydrogen) atoms. The van der Waals surface area contributed by atoms with E-state index in [1.54, 1.807) is 0 Å². The molecule has 0 aliphatic carbocycles. The molecule has 0 saturated carbocycles. The molecule has 0 amide bonds. The SMILES string of the molecule is C=CC(=O)OCC(C)(C)CCC(F)(F)C(F)(F)C(F)(F)C(F)(F)C(F)(F)C(F)(C(F)(F)F)C(F)(F)F. The Hall–Kier alpha value is -1.98. The summed E-state index contributed by atoms with van der Waals surface area (Å²) in [6.45, 7) is 3.74. The van der Waals surface area contributed by atoms with Gasteiger partial charge in [0.25, 0.3) is 0 Å². The molecule has 0 bridgehead atoms. The summed E-state index contributed by atoms with van der Waals surface area (Å²) in [5.74, 6) is -41.3. The standard InChI is InChI=1S/C17H15F17O2/c1-4-8(35)36-7-9(2,3)5-6-10(18,19)12(21,22)14(25,26)15(27,28)13(23,24)11(20,16(29,30)31)17(32,33)34/h4H,1,5-7H2,2-3H3. The van der Waals surface area contributed by atoms with Gasteiger partial charge in [-0.25, -0.2) is 9.18 Å². The van der Waals surface area contributed by atoms with E-state index in [2.05, 4.69) is 11.3 Å². The van der Waals surface area contributed by atoms with Crippen LogP contribution in [0, 0.1) is 5.41 Å². The van der Waals surface area contributed by atoms with Crippen LogP contribution in [-0.2, 0) is 9.53 Å². The molecular formula is C17H15F17O2. The van der Waals surface area contributed by atoms with E-state index < -0.39 is 78.5 Å². The normalized spacial score (nSPS) is 15.6. The lowest BCUT2D eigenvalue weighted by molar-refractivity contribution is -0.465. The van der Waals surface area contributed by atoms with Crippen LogP contribution in [0.3, 0.4) is 0 Å². The first kappa shape index (κ1) is 34.0. The van der Waals surface area contributed by atoms with Crippen molar-refractivity contribution < 1.29 is 84.2 Å². The Morgan fingerprint density at radius 2 is 1.00 bits per heavy atom. The summed E-state index contributed by atoms with van der Waals surface area (Å²) < 4.78 is 230. The molecule has 214 valence electrons. The maximum atomic E-state index is 13.9. The molecule has 0 aliphatic rings. The molecule has 0 fully saturated rings. The van der Waals surface area contributed by atoms with Crippen LogP contribution in [0.5, 0.6) is 0 Å². The van der Waals surface area contributed by atoms with Gasteiger partial charge < -0.3 is 4.74 Å². The highest BCUT2D eigenvalue weighted by atomic mass is 19.4. The van der Waals surface area contributed by atoms with Gasteiger partial charge >= 0.3 is 53.6 Å². The number of carbonyl (C=O) groups excluding carboxylic acids is 1. The molecule has 0 aromatic carbocycles. The average molecular weight is 574 g/mol. The molecule has 2 nitrogen and oxygen atoms in total. The molecule has 0 saturated heterocycles. The second-order valence-corrected chi connectivity index (χ2v) is 8.13. The van der Waals surface area contributed by atoms with E-state index in [1.165, 1.54) is 0 Å². The van der Waals surface area contributed by atoms with Crippen molar-refractivity contribution in [2.24, 2.45) is 5.41 Å². The highest BCUT2D eigenvalue weighted by Gasteiger charge is 2.97. The van der Waals surface area contributed by atoms with Gasteiger partial charge in [0, 0.05) is 12.5 Å². The summed E-state index contributed by atoms with van der Waals surface area (Å²) in [4.78, 5) is 10.9. The minimum Gasteiger partial charge on any atom is -0.462 e. The second kappa shape index (κ2) is 9.40. The van der Waals surface area contributed by atoms with Gasteiger partial charge in [0.15, 0.2) is 0 Å². The number of ether oxygens (including phenoxy) is 1. The number of hydrogen-bond acceptors (Lipinski definition) is 2. The minimum absolute atomic E-state index is 0.536. The van der Waals surface area contributed by atoms with Crippen LogP contribution in [0.1, 0.15) is 26.7 Å². The van der Waals surface area contributed by atoms with E-state index in [0.29, 0.717) is 6.08 Å². The first-order valence-electron chi connectivity index (χ1n) is 8.92. The van der Waals surface area contributed by atoms with Crippen LogP contribution in [0.4, 0.5) is 74.6 Å². The van der Waals surface area contributed by atoms with Crippen molar-refractivity contribution in [2.45, 2.75) is 74.3 Å². The Bertz CT molecular complexity index is 793. The van der Waals surface area contributed by atoms with Gasteiger partial charge in [0.1, 0.15) is 0 Å². The first-order valence-corrected chi connectivity index (χ1v) is 8.92. The van der Waals surface area contributed by atoms with Gasteiger partial charge in [-0.3, -0.25) is 0 Å². The summed E-state index contributed by atoms with van der Waals surface area (Å²) in [5, 5.41) is 0. The fraction of sp³-hybridized carbons (Fsp3) is 0.824. The number of hydrogen-bond donors (Lipinski definition) is 0. The highest BCUT2D eigenvalue weighted by Crippen LogP contribution is 2.65. The summed E-state index contributed by atoms with van der Waals surface area (Å²) in [6.07, 6.45) is -19.8. The number of halogens is 17. The molecule has 0 aromatic heterocycles. The molecule has 0 rings (SSSR count). The number of alkyl halides is 17. The lowest BCUT2D eigenvalue weighted by atomic mass is 9.82. The van der Waals surface area contributed by atoms with Gasteiger partial charge in [-0.1, -0.05) is 20.4 Å². The van der Waals surface area contributed by atoms with Crippen LogP contribution < -0.4 is 0 Å². The molecule has 0 atom stereocenters.